The normalized spacial score (nSPS) is 15.6. The monoisotopic (exact) mass is 361 g/mol. The number of aryl methyl sites for hydroxylation is 1. The van der Waals surface area contributed by atoms with E-state index in [-0.39, 0.29) is 29.3 Å². The van der Waals surface area contributed by atoms with Crippen molar-refractivity contribution in [2.24, 2.45) is 11.7 Å². The summed E-state index contributed by atoms with van der Waals surface area (Å²) >= 11 is 0. The highest BCUT2D eigenvalue weighted by Crippen LogP contribution is 2.31. The Morgan fingerprint density at radius 1 is 1.30 bits per heavy atom. The number of carbonyl (C=O) groups excluding carboxylic acids is 1. The maximum absolute atomic E-state index is 11.8. The van der Waals surface area contributed by atoms with Gasteiger partial charge in [-0.3, -0.25) is 4.79 Å². The van der Waals surface area contributed by atoms with Crippen LogP contribution in [0.2, 0.25) is 0 Å². The Balaban J connectivity index is 0.00000264. The number of halogens is 1. The van der Waals surface area contributed by atoms with Crippen LogP contribution in [-0.2, 0) is 21.2 Å². The first-order valence-electron chi connectivity index (χ1n) is 7.47. The van der Waals surface area contributed by atoms with Crippen LogP contribution < -0.4 is 15.8 Å². The van der Waals surface area contributed by atoms with Crippen LogP contribution >= 0.6 is 12.4 Å². The van der Waals surface area contributed by atoms with Crippen molar-refractivity contribution < 1.29 is 13.2 Å². The van der Waals surface area contributed by atoms with Crippen molar-refractivity contribution >= 4 is 28.3 Å². The molecule has 6 nitrogen and oxygen atoms in total. The largest absolute Gasteiger partial charge is 0.355 e. The molecule has 0 aromatic heterocycles. The summed E-state index contributed by atoms with van der Waals surface area (Å²) in [5, 5.41) is 2.85. The zero-order chi connectivity index (χ0) is 16.2. The molecule has 1 fully saturated rings. The Morgan fingerprint density at radius 3 is 2.43 bits per heavy atom. The van der Waals surface area contributed by atoms with Gasteiger partial charge in [0.2, 0.25) is 15.9 Å². The van der Waals surface area contributed by atoms with E-state index in [1.54, 1.807) is 24.3 Å². The molecule has 1 amide bonds. The molecule has 4 N–H and O–H groups in total. The molecule has 0 aliphatic heterocycles. The third kappa shape index (κ3) is 6.10. The predicted molar refractivity (Wildman–Crippen MR) is 92.0 cm³/mol. The molecule has 1 aliphatic rings. The Bertz CT molecular complexity index is 615. The molecule has 0 heterocycles. The van der Waals surface area contributed by atoms with Crippen LogP contribution in [0.3, 0.4) is 0 Å². The highest BCUT2D eigenvalue weighted by atomic mass is 35.5. The van der Waals surface area contributed by atoms with E-state index in [2.05, 4.69) is 10.0 Å². The Labute approximate surface area is 143 Å². The van der Waals surface area contributed by atoms with E-state index in [4.69, 9.17) is 5.73 Å². The first-order chi connectivity index (χ1) is 10.4. The molecule has 0 radical (unpaired) electrons. The number of nitrogens with one attached hydrogen (secondary N) is 2. The van der Waals surface area contributed by atoms with Gasteiger partial charge in [0.25, 0.3) is 0 Å². The van der Waals surface area contributed by atoms with E-state index in [1.165, 1.54) is 19.9 Å². The predicted octanol–water partition coefficient (Wildman–Crippen LogP) is 0.803. The number of nitrogens with two attached hydrogens (primary N) is 1. The van der Waals surface area contributed by atoms with Gasteiger partial charge >= 0.3 is 0 Å². The molecule has 130 valence electrons. The fourth-order valence-electron chi connectivity index (χ4n) is 2.22. The summed E-state index contributed by atoms with van der Waals surface area (Å²) in [5.41, 5.74) is 6.86. The summed E-state index contributed by atoms with van der Waals surface area (Å²) in [6.45, 7) is 0.531. The summed E-state index contributed by atoms with van der Waals surface area (Å²) in [6.07, 6.45) is 3.28. The molecule has 2 rings (SSSR count). The van der Waals surface area contributed by atoms with E-state index < -0.39 is 10.0 Å². The molecule has 0 spiro atoms. The number of carbonyl (C=O) groups is 1. The number of rotatable bonds is 8. The van der Waals surface area contributed by atoms with Gasteiger partial charge in [0.1, 0.15) is 0 Å². The van der Waals surface area contributed by atoms with Gasteiger partial charge in [0.05, 0.1) is 4.90 Å². The molecule has 1 atom stereocenters. The van der Waals surface area contributed by atoms with E-state index in [9.17, 15) is 13.2 Å². The fraction of sp³-hybridized carbons (Fsp3) is 0.533. The number of sulfonamides is 1. The molecule has 1 saturated carbocycles. The second-order valence-corrected chi connectivity index (χ2v) is 7.54. The molecule has 1 aliphatic carbocycles. The van der Waals surface area contributed by atoms with E-state index in [1.807, 2.05) is 0 Å². The minimum atomic E-state index is -3.41. The highest BCUT2D eigenvalue weighted by molar-refractivity contribution is 7.89. The average Bonchev–Trinajstić information content (AvgIpc) is 3.36. The fourth-order valence-corrected chi connectivity index (χ4v) is 2.95. The Morgan fingerprint density at radius 2 is 1.91 bits per heavy atom. The van der Waals surface area contributed by atoms with Crippen LogP contribution in [-0.4, -0.2) is 34.0 Å². The summed E-state index contributed by atoms with van der Waals surface area (Å²) in [5.74, 6) is 0.546. The molecular formula is C15H24ClN3O3S. The average molecular weight is 362 g/mol. The lowest BCUT2D eigenvalue weighted by molar-refractivity contribution is -0.121. The molecule has 8 heteroatoms. The summed E-state index contributed by atoms with van der Waals surface area (Å²) in [6, 6.07) is 6.61. The summed E-state index contributed by atoms with van der Waals surface area (Å²) in [4.78, 5) is 12.0. The smallest absolute Gasteiger partial charge is 0.240 e. The van der Waals surface area contributed by atoms with Crippen LogP contribution in [0, 0.1) is 5.92 Å². The SMILES string of the molecule is CNS(=O)(=O)c1ccc(CCC(=O)NCC(N)C2CC2)cc1.Cl. The molecule has 23 heavy (non-hydrogen) atoms. The third-order valence-electron chi connectivity index (χ3n) is 3.91. The second-order valence-electron chi connectivity index (χ2n) is 5.66. The van der Waals surface area contributed by atoms with Gasteiger partial charge in [0.15, 0.2) is 0 Å². The quantitative estimate of drug-likeness (QED) is 0.637. The van der Waals surface area contributed by atoms with Gasteiger partial charge in [0, 0.05) is 19.0 Å². The number of benzene rings is 1. The van der Waals surface area contributed by atoms with Gasteiger partial charge in [-0.2, -0.15) is 0 Å². The third-order valence-corrected chi connectivity index (χ3v) is 5.34. The van der Waals surface area contributed by atoms with Gasteiger partial charge in [-0.05, 0) is 49.9 Å². The lowest BCUT2D eigenvalue weighted by Crippen LogP contribution is -2.38. The van der Waals surface area contributed by atoms with Crippen LogP contribution in [0.4, 0.5) is 0 Å². The molecule has 1 unspecified atom stereocenters. The Kier molecular flexibility index (Phi) is 7.47. The molecule has 1 aromatic rings. The van der Waals surface area contributed by atoms with Gasteiger partial charge < -0.3 is 11.1 Å². The van der Waals surface area contributed by atoms with Crippen LogP contribution in [0.1, 0.15) is 24.8 Å². The van der Waals surface area contributed by atoms with Crippen molar-refractivity contribution in [1.82, 2.24) is 10.0 Å². The number of hydrogen-bond acceptors (Lipinski definition) is 4. The lowest BCUT2D eigenvalue weighted by atomic mass is 10.1. The molecule has 1 aromatic carbocycles. The second kappa shape index (κ2) is 8.63. The van der Waals surface area contributed by atoms with Gasteiger partial charge in [-0.25, -0.2) is 13.1 Å². The minimum absolute atomic E-state index is 0. The van der Waals surface area contributed by atoms with Crippen molar-refractivity contribution in [1.29, 1.82) is 0 Å². The topological polar surface area (TPSA) is 101 Å². The maximum Gasteiger partial charge on any atom is 0.240 e. The molecule has 0 bridgehead atoms. The number of amides is 1. The van der Waals surface area contributed by atoms with E-state index >= 15 is 0 Å². The minimum Gasteiger partial charge on any atom is -0.355 e. The van der Waals surface area contributed by atoms with Crippen LogP contribution in [0.15, 0.2) is 29.2 Å². The first-order valence-corrected chi connectivity index (χ1v) is 8.95. The van der Waals surface area contributed by atoms with E-state index in [0.29, 0.717) is 25.3 Å². The summed E-state index contributed by atoms with van der Waals surface area (Å²) < 4.78 is 25.5. The van der Waals surface area contributed by atoms with E-state index in [0.717, 1.165) is 5.56 Å². The Hall–Kier alpha value is -1.15. The van der Waals surface area contributed by atoms with Crippen molar-refractivity contribution in [3.63, 3.8) is 0 Å². The van der Waals surface area contributed by atoms with Crippen molar-refractivity contribution in [2.45, 2.75) is 36.6 Å². The van der Waals surface area contributed by atoms with Crippen molar-refractivity contribution in [3.05, 3.63) is 29.8 Å². The highest BCUT2D eigenvalue weighted by Gasteiger charge is 2.28. The zero-order valence-corrected chi connectivity index (χ0v) is 14.8. The van der Waals surface area contributed by atoms with Crippen LogP contribution in [0.5, 0.6) is 0 Å². The standard InChI is InChI=1S/C15H23N3O3S.ClH/c1-17-22(20,21)13-7-2-11(3-8-13)4-9-15(19)18-10-14(16)12-5-6-12;/h2-3,7-8,12,14,17H,4-6,9-10,16H2,1H3,(H,18,19);1H. The van der Waals surface area contributed by atoms with Crippen molar-refractivity contribution in [3.8, 4) is 0 Å². The zero-order valence-electron chi connectivity index (χ0n) is 13.1. The first kappa shape index (κ1) is 19.9. The summed E-state index contributed by atoms with van der Waals surface area (Å²) in [7, 11) is -2.03. The molecule has 0 saturated heterocycles. The van der Waals surface area contributed by atoms with Crippen LogP contribution in [0.25, 0.3) is 0 Å². The number of hydrogen-bond donors (Lipinski definition) is 3. The van der Waals surface area contributed by atoms with Gasteiger partial charge in [-0.15, -0.1) is 12.4 Å². The van der Waals surface area contributed by atoms with Gasteiger partial charge in [-0.1, -0.05) is 12.1 Å². The molecular weight excluding hydrogens is 338 g/mol. The van der Waals surface area contributed by atoms with Crippen molar-refractivity contribution in [2.75, 3.05) is 13.6 Å². The lowest BCUT2D eigenvalue weighted by Gasteiger charge is -2.11. The maximum atomic E-state index is 11.8.